The second-order valence-electron chi connectivity index (χ2n) is 8.37. The molecule has 3 rings (SSSR count). The molecule has 1 aromatic rings. The van der Waals surface area contributed by atoms with Gasteiger partial charge in [0.15, 0.2) is 5.76 Å². The van der Waals surface area contributed by atoms with Gasteiger partial charge >= 0.3 is 11.9 Å². The molecule has 1 aromatic carbocycles. The molecule has 0 unspecified atom stereocenters. The molecule has 5 nitrogen and oxygen atoms in total. The average molecular weight is 436 g/mol. The molecule has 1 saturated carbocycles. The number of allylic oxidation sites excluding steroid dienone is 2. The lowest BCUT2D eigenvalue weighted by Gasteiger charge is -2.22. The zero-order valence-electron chi connectivity index (χ0n) is 17.8. The predicted molar refractivity (Wildman–Crippen MR) is 111 cm³/mol. The summed E-state index contributed by atoms with van der Waals surface area (Å²) in [6.07, 6.45) is 3.07. The summed E-state index contributed by atoms with van der Waals surface area (Å²) >= 11 is 0. The Morgan fingerprint density at radius 2 is 2.19 bits per heavy atom. The van der Waals surface area contributed by atoms with E-state index in [1.54, 1.807) is 0 Å². The minimum atomic E-state index is -3.22. The monoisotopic (exact) mass is 436 g/mol. The third kappa shape index (κ3) is 5.52. The predicted octanol–water partition coefficient (Wildman–Crippen LogP) is 3.71. The van der Waals surface area contributed by atoms with Crippen LogP contribution in [0.1, 0.15) is 36.8 Å². The molecule has 2 aliphatic rings. The van der Waals surface area contributed by atoms with E-state index in [4.69, 9.17) is 4.74 Å². The first-order chi connectivity index (χ1) is 14.7. The van der Waals surface area contributed by atoms with E-state index < -0.39 is 41.8 Å². The van der Waals surface area contributed by atoms with Gasteiger partial charge in [-0.3, -0.25) is 4.79 Å². The number of halogens is 2. The molecular weight excluding hydrogens is 406 g/mol. The molecule has 1 aliphatic carbocycles. The Balaban J connectivity index is 1.64. The molecule has 7 heteroatoms. The van der Waals surface area contributed by atoms with Crippen LogP contribution in [0, 0.1) is 18.8 Å². The molecule has 31 heavy (non-hydrogen) atoms. The van der Waals surface area contributed by atoms with E-state index in [-0.39, 0.29) is 25.2 Å². The van der Waals surface area contributed by atoms with Crippen LogP contribution < -0.4 is 0 Å². The van der Waals surface area contributed by atoms with Gasteiger partial charge in [0.1, 0.15) is 6.10 Å². The number of aliphatic hydroxyl groups is 2. The molecular formula is C24H30F2O5. The van der Waals surface area contributed by atoms with Crippen molar-refractivity contribution >= 4 is 5.97 Å². The fourth-order valence-corrected chi connectivity index (χ4v) is 4.45. The minimum absolute atomic E-state index is 0.114. The number of unbranched alkanes of at least 4 members (excludes halogenated alkanes) is 1. The number of carbonyl (C=O) groups excluding carboxylic acids is 1. The van der Waals surface area contributed by atoms with E-state index in [9.17, 15) is 15.0 Å². The highest BCUT2D eigenvalue weighted by Gasteiger charge is 2.63. The molecule has 0 radical (unpaired) electrons. The summed E-state index contributed by atoms with van der Waals surface area (Å²) in [5.41, 5.74) is 2.03. The Bertz CT molecular complexity index is 835. The van der Waals surface area contributed by atoms with Crippen molar-refractivity contribution < 1.29 is 33.3 Å². The zero-order valence-corrected chi connectivity index (χ0v) is 17.8. The highest BCUT2D eigenvalue weighted by atomic mass is 19.3. The summed E-state index contributed by atoms with van der Waals surface area (Å²) in [7, 11) is 1.28. The quantitative estimate of drug-likeness (QED) is 0.369. The minimum Gasteiger partial charge on any atom is -0.488 e. The summed E-state index contributed by atoms with van der Waals surface area (Å²) in [6, 6.07) is 7.74. The second kappa shape index (κ2) is 9.92. The Morgan fingerprint density at radius 3 is 2.90 bits per heavy atom. The molecule has 2 fully saturated rings. The summed E-state index contributed by atoms with van der Waals surface area (Å²) < 4.78 is 40.2. The lowest BCUT2D eigenvalue weighted by atomic mass is 9.87. The number of methoxy groups -OCH3 is 1. The summed E-state index contributed by atoms with van der Waals surface area (Å²) in [5.74, 6) is -5.99. The van der Waals surface area contributed by atoms with E-state index in [1.807, 2.05) is 31.2 Å². The Kier molecular flexibility index (Phi) is 7.49. The van der Waals surface area contributed by atoms with Gasteiger partial charge in [-0.2, -0.15) is 8.78 Å². The molecule has 0 amide bonds. The van der Waals surface area contributed by atoms with Gasteiger partial charge in [-0.15, -0.1) is 0 Å². The average Bonchev–Trinajstić information content (AvgIpc) is 3.15. The van der Waals surface area contributed by atoms with Crippen molar-refractivity contribution in [2.24, 2.45) is 11.8 Å². The Labute approximate surface area is 181 Å². The summed E-state index contributed by atoms with van der Waals surface area (Å²) in [6.45, 7) is 1.96. The van der Waals surface area contributed by atoms with Gasteiger partial charge < -0.3 is 19.7 Å². The van der Waals surface area contributed by atoms with Gasteiger partial charge in [-0.1, -0.05) is 42.0 Å². The first-order valence-corrected chi connectivity index (χ1v) is 10.6. The largest absolute Gasteiger partial charge is 0.488 e. The number of carbonyl (C=O) groups is 1. The number of alkyl halides is 2. The fraction of sp³-hybridized carbons (Fsp3) is 0.542. The number of benzene rings is 1. The van der Waals surface area contributed by atoms with Crippen LogP contribution in [-0.2, 0) is 20.7 Å². The summed E-state index contributed by atoms with van der Waals surface area (Å²) in [5, 5.41) is 20.7. The number of aliphatic hydroxyl groups excluding tert-OH is 2. The molecule has 5 atom stereocenters. The van der Waals surface area contributed by atoms with Gasteiger partial charge in [0, 0.05) is 25.2 Å². The van der Waals surface area contributed by atoms with Crippen LogP contribution in [0.3, 0.4) is 0 Å². The number of ether oxygens (including phenoxy) is 2. The van der Waals surface area contributed by atoms with E-state index >= 15 is 8.78 Å². The second-order valence-corrected chi connectivity index (χ2v) is 8.37. The smallest absolute Gasteiger partial charge is 0.310 e. The third-order valence-electron chi connectivity index (χ3n) is 5.98. The van der Waals surface area contributed by atoms with Crippen molar-refractivity contribution in [3.05, 3.63) is 59.4 Å². The van der Waals surface area contributed by atoms with Gasteiger partial charge in [0.2, 0.25) is 0 Å². The molecule has 2 N–H and O–H groups in total. The number of rotatable bonds is 8. The molecule has 0 bridgehead atoms. The Morgan fingerprint density at radius 1 is 1.42 bits per heavy atom. The lowest BCUT2D eigenvalue weighted by Crippen LogP contribution is -2.33. The molecule has 1 aliphatic heterocycles. The lowest BCUT2D eigenvalue weighted by molar-refractivity contribution is -0.140. The topological polar surface area (TPSA) is 76.0 Å². The van der Waals surface area contributed by atoms with Crippen molar-refractivity contribution in [2.75, 3.05) is 7.11 Å². The number of hydrogen-bond acceptors (Lipinski definition) is 5. The van der Waals surface area contributed by atoms with Crippen LogP contribution in [0.15, 0.2) is 48.3 Å². The van der Waals surface area contributed by atoms with Gasteiger partial charge in [-0.05, 0) is 31.4 Å². The van der Waals surface area contributed by atoms with Crippen molar-refractivity contribution in [1.82, 2.24) is 0 Å². The van der Waals surface area contributed by atoms with Crippen LogP contribution in [0.4, 0.5) is 8.78 Å². The normalized spacial score (nSPS) is 29.2. The van der Waals surface area contributed by atoms with Crippen LogP contribution in [-0.4, -0.2) is 47.5 Å². The molecule has 0 spiro atoms. The molecule has 1 heterocycles. The molecule has 1 saturated heterocycles. The zero-order chi connectivity index (χ0) is 22.6. The standard InChI is InChI=1S/C24H30F2O5/c1-15-6-5-7-16(12-15)13-17(27)10-11-18-19(28)14-20-23(18)24(25,26)21(31-20)8-3-4-9-22(29)30-2/h5-8,10-12,17-20,23,27-28H,3-4,9,13-14H2,1-2H3/t17-,18-,19+,20-,23+/m0/s1. The van der Waals surface area contributed by atoms with Crippen LogP contribution in [0.25, 0.3) is 0 Å². The van der Waals surface area contributed by atoms with Gasteiger partial charge in [-0.25, -0.2) is 0 Å². The first-order valence-electron chi connectivity index (χ1n) is 10.6. The SMILES string of the molecule is COC(=O)CCCC=C1O[C@H]2C[C@@H](O)[C@H](C=C[C@H](O)Cc3cccc(C)c3)[C@H]2C1(F)F. The molecule has 170 valence electrons. The van der Waals surface area contributed by atoms with Crippen LogP contribution >= 0.6 is 0 Å². The third-order valence-corrected chi connectivity index (χ3v) is 5.98. The molecule has 0 aromatic heterocycles. The van der Waals surface area contributed by atoms with E-state index in [2.05, 4.69) is 4.74 Å². The Hall–Kier alpha value is -2.25. The van der Waals surface area contributed by atoms with E-state index in [0.29, 0.717) is 12.8 Å². The maximum Gasteiger partial charge on any atom is 0.310 e. The number of hydrogen-bond donors (Lipinski definition) is 2. The van der Waals surface area contributed by atoms with E-state index in [1.165, 1.54) is 25.3 Å². The van der Waals surface area contributed by atoms with Crippen molar-refractivity contribution in [1.29, 1.82) is 0 Å². The van der Waals surface area contributed by atoms with Crippen LogP contribution in [0.5, 0.6) is 0 Å². The van der Waals surface area contributed by atoms with E-state index in [0.717, 1.165) is 11.1 Å². The van der Waals surface area contributed by atoms with Crippen LogP contribution in [0.2, 0.25) is 0 Å². The first kappa shape index (κ1) is 23.4. The van der Waals surface area contributed by atoms with Gasteiger partial charge in [0.05, 0.1) is 25.2 Å². The van der Waals surface area contributed by atoms with Crippen molar-refractivity contribution in [3.8, 4) is 0 Å². The number of esters is 1. The van der Waals surface area contributed by atoms with Crippen molar-refractivity contribution in [3.63, 3.8) is 0 Å². The highest BCUT2D eigenvalue weighted by molar-refractivity contribution is 5.69. The highest BCUT2D eigenvalue weighted by Crippen LogP contribution is 2.54. The summed E-state index contributed by atoms with van der Waals surface area (Å²) in [4.78, 5) is 11.2. The number of fused-ring (bicyclic) bond motifs is 1. The maximum atomic E-state index is 15.1. The maximum absolute atomic E-state index is 15.1. The van der Waals surface area contributed by atoms with Crippen molar-refractivity contribution in [2.45, 2.75) is 63.3 Å². The fourth-order valence-electron chi connectivity index (χ4n) is 4.45. The number of aryl methyl sites for hydroxylation is 1. The van der Waals surface area contributed by atoms with Gasteiger partial charge in [0.25, 0.3) is 0 Å².